The number of cyclic esters (lactones) is 1. The van der Waals surface area contributed by atoms with Gasteiger partial charge in [0, 0.05) is 17.0 Å². The lowest BCUT2D eigenvalue weighted by atomic mass is 9.96. The molecule has 0 aromatic heterocycles. The summed E-state index contributed by atoms with van der Waals surface area (Å²) in [4.78, 5) is 13.0. The van der Waals surface area contributed by atoms with E-state index < -0.39 is 12.1 Å². The molecule has 2 aromatic rings. The van der Waals surface area contributed by atoms with Crippen molar-refractivity contribution in [2.45, 2.75) is 65.6 Å². The molecule has 1 aliphatic heterocycles. The molecular weight excluding hydrogens is 416 g/mol. The first kappa shape index (κ1) is 23.2. The van der Waals surface area contributed by atoms with Crippen LogP contribution in [0.25, 0.3) is 0 Å². The first-order chi connectivity index (χ1) is 15.9. The van der Waals surface area contributed by atoms with Crippen LogP contribution in [-0.2, 0) is 11.3 Å². The molecule has 1 heterocycles. The predicted molar refractivity (Wildman–Crippen MR) is 127 cm³/mol. The first-order valence-electron chi connectivity index (χ1n) is 11.8. The number of aliphatic hydroxyl groups excluding tert-OH is 1. The van der Waals surface area contributed by atoms with E-state index in [1.54, 1.807) is 12.1 Å². The maximum atomic E-state index is 13.0. The topological polar surface area (TPSA) is 65.0 Å². The fourth-order valence-corrected chi connectivity index (χ4v) is 4.66. The van der Waals surface area contributed by atoms with Gasteiger partial charge in [-0.15, -0.1) is 0 Å². The zero-order chi connectivity index (χ0) is 23.5. The van der Waals surface area contributed by atoms with Crippen LogP contribution in [0.4, 0.5) is 0 Å². The number of rotatable bonds is 4. The SMILES string of the molecule is COc1c([C@@H](O)CC(C)C)ccc2c1C(=O)OCc1cc(C)cc(C#CC3CCCC3)c1O2. The van der Waals surface area contributed by atoms with E-state index in [9.17, 15) is 9.90 Å². The average molecular weight is 449 g/mol. The van der Waals surface area contributed by atoms with Gasteiger partial charge in [-0.2, -0.15) is 0 Å². The minimum atomic E-state index is -0.758. The highest BCUT2D eigenvalue weighted by Crippen LogP contribution is 2.42. The Bertz CT molecular complexity index is 1100. The third-order valence-corrected chi connectivity index (χ3v) is 6.26. The van der Waals surface area contributed by atoms with Crippen molar-refractivity contribution < 1.29 is 24.1 Å². The van der Waals surface area contributed by atoms with Gasteiger partial charge in [-0.05, 0) is 61.9 Å². The minimum Gasteiger partial charge on any atom is -0.495 e. The molecule has 0 unspecified atom stereocenters. The van der Waals surface area contributed by atoms with Crippen molar-refractivity contribution in [3.8, 4) is 29.1 Å². The molecular formula is C28H32O5. The van der Waals surface area contributed by atoms with Crippen LogP contribution in [0.15, 0.2) is 24.3 Å². The molecule has 0 radical (unpaired) electrons. The second kappa shape index (κ2) is 9.89. The van der Waals surface area contributed by atoms with Crippen molar-refractivity contribution in [2.75, 3.05) is 7.11 Å². The van der Waals surface area contributed by atoms with Gasteiger partial charge in [-0.1, -0.05) is 38.5 Å². The Morgan fingerprint density at radius 3 is 2.67 bits per heavy atom. The number of esters is 1. The molecule has 5 nitrogen and oxygen atoms in total. The van der Waals surface area contributed by atoms with Crippen LogP contribution < -0.4 is 9.47 Å². The number of aryl methyl sites for hydroxylation is 1. The largest absolute Gasteiger partial charge is 0.495 e. The monoisotopic (exact) mass is 448 g/mol. The fraction of sp³-hybridized carbons (Fsp3) is 0.464. The van der Waals surface area contributed by atoms with Gasteiger partial charge < -0.3 is 19.3 Å². The van der Waals surface area contributed by atoms with Crippen LogP contribution in [-0.4, -0.2) is 18.2 Å². The summed E-state index contributed by atoms with van der Waals surface area (Å²) in [6, 6.07) is 7.45. The van der Waals surface area contributed by atoms with Crippen LogP contribution in [0.5, 0.6) is 17.2 Å². The van der Waals surface area contributed by atoms with E-state index in [-0.39, 0.29) is 18.1 Å². The molecule has 0 amide bonds. The van der Waals surface area contributed by atoms with E-state index in [1.807, 2.05) is 32.9 Å². The molecule has 1 saturated carbocycles. The minimum absolute atomic E-state index is 0.0787. The van der Waals surface area contributed by atoms with Crippen LogP contribution in [0.3, 0.4) is 0 Å². The molecule has 1 atom stereocenters. The molecule has 0 saturated heterocycles. The Hall–Kier alpha value is -2.97. The lowest BCUT2D eigenvalue weighted by molar-refractivity contribution is 0.0454. The van der Waals surface area contributed by atoms with Crippen molar-refractivity contribution in [2.24, 2.45) is 11.8 Å². The number of hydrogen-bond acceptors (Lipinski definition) is 5. The normalized spacial score (nSPS) is 16.5. The maximum absolute atomic E-state index is 13.0. The number of hydrogen-bond donors (Lipinski definition) is 1. The summed E-state index contributed by atoms with van der Waals surface area (Å²) < 4.78 is 17.6. The lowest BCUT2D eigenvalue weighted by Gasteiger charge is -2.24. The van der Waals surface area contributed by atoms with E-state index in [2.05, 4.69) is 11.8 Å². The Morgan fingerprint density at radius 2 is 1.97 bits per heavy atom. The standard InChI is InChI=1S/C28H32O5/c1-17(2)13-23(29)22-11-12-24-25(27(22)31-4)28(30)32-16-21-15-18(3)14-20(26(21)33-24)10-9-19-7-5-6-8-19/h11-12,14-15,17,19,23,29H,5-8,13,16H2,1-4H3/t23-/m0/s1. The molecule has 0 bridgehead atoms. The number of carbonyl (C=O) groups is 1. The number of fused-ring (bicyclic) bond motifs is 2. The van der Waals surface area contributed by atoms with E-state index in [4.69, 9.17) is 14.2 Å². The highest BCUT2D eigenvalue weighted by Gasteiger charge is 2.29. The fourth-order valence-electron chi connectivity index (χ4n) is 4.66. The van der Waals surface area contributed by atoms with E-state index >= 15 is 0 Å². The van der Waals surface area contributed by atoms with Gasteiger partial charge in [-0.25, -0.2) is 4.79 Å². The summed E-state index contributed by atoms with van der Waals surface area (Å²) in [6.45, 7) is 6.15. The zero-order valence-electron chi connectivity index (χ0n) is 19.9. The number of ether oxygens (including phenoxy) is 3. The molecule has 1 aliphatic carbocycles. The third-order valence-electron chi connectivity index (χ3n) is 6.26. The van der Waals surface area contributed by atoms with Gasteiger partial charge in [0.1, 0.15) is 29.4 Å². The predicted octanol–water partition coefficient (Wildman–Crippen LogP) is 6.09. The number of carbonyl (C=O) groups excluding carboxylic acids is 1. The van der Waals surface area contributed by atoms with Gasteiger partial charge >= 0.3 is 5.97 Å². The van der Waals surface area contributed by atoms with Gasteiger partial charge in [0.15, 0.2) is 0 Å². The second-order valence-electron chi connectivity index (χ2n) is 9.44. The van der Waals surface area contributed by atoms with E-state index in [1.165, 1.54) is 20.0 Å². The van der Waals surface area contributed by atoms with Gasteiger partial charge in [0.25, 0.3) is 0 Å². The lowest BCUT2D eigenvalue weighted by Crippen LogP contribution is -2.15. The summed E-state index contributed by atoms with van der Waals surface area (Å²) in [7, 11) is 1.49. The summed E-state index contributed by atoms with van der Waals surface area (Å²) in [5, 5.41) is 10.7. The van der Waals surface area contributed by atoms with Gasteiger partial charge in [0.2, 0.25) is 0 Å². The van der Waals surface area contributed by atoms with Crippen LogP contribution >= 0.6 is 0 Å². The Morgan fingerprint density at radius 1 is 1.21 bits per heavy atom. The number of aliphatic hydroxyl groups is 1. The quantitative estimate of drug-likeness (QED) is 0.453. The highest BCUT2D eigenvalue weighted by atomic mass is 16.5. The molecule has 2 aliphatic rings. The summed E-state index contributed by atoms with van der Waals surface area (Å²) in [6.07, 6.45) is 4.54. The Labute approximate surface area is 196 Å². The highest BCUT2D eigenvalue weighted by molar-refractivity contribution is 5.96. The third kappa shape index (κ3) is 5.02. The second-order valence-corrected chi connectivity index (χ2v) is 9.44. The van der Waals surface area contributed by atoms with Crippen molar-refractivity contribution >= 4 is 5.97 Å². The van der Waals surface area contributed by atoms with Crippen molar-refractivity contribution in [1.82, 2.24) is 0 Å². The summed E-state index contributed by atoms with van der Waals surface area (Å²) in [5.41, 5.74) is 3.36. The van der Waals surface area contributed by atoms with Crippen LogP contribution in [0.1, 0.15) is 84.7 Å². The molecule has 0 spiro atoms. The molecule has 33 heavy (non-hydrogen) atoms. The molecule has 4 rings (SSSR count). The zero-order valence-corrected chi connectivity index (χ0v) is 19.9. The van der Waals surface area contributed by atoms with E-state index in [0.29, 0.717) is 35.2 Å². The molecule has 5 heteroatoms. The van der Waals surface area contributed by atoms with E-state index in [0.717, 1.165) is 29.5 Å². The van der Waals surface area contributed by atoms with Crippen LogP contribution in [0, 0.1) is 30.6 Å². The van der Waals surface area contributed by atoms with Crippen molar-refractivity contribution in [3.63, 3.8) is 0 Å². The summed E-state index contributed by atoms with van der Waals surface area (Å²) >= 11 is 0. The Balaban J connectivity index is 1.79. The van der Waals surface area contributed by atoms with Gasteiger partial charge in [-0.3, -0.25) is 0 Å². The molecule has 2 aromatic carbocycles. The number of benzene rings is 2. The number of methoxy groups -OCH3 is 1. The first-order valence-corrected chi connectivity index (χ1v) is 11.8. The van der Waals surface area contributed by atoms with Crippen LogP contribution in [0.2, 0.25) is 0 Å². The molecule has 1 fully saturated rings. The molecule has 1 N–H and O–H groups in total. The molecule has 174 valence electrons. The summed E-state index contributed by atoms with van der Waals surface area (Å²) in [5.74, 6) is 8.16. The van der Waals surface area contributed by atoms with Crippen molar-refractivity contribution in [3.05, 3.63) is 52.1 Å². The Kier molecular flexibility index (Phi) is 6.95. The average Bonchev–Trinajstić information content (AvgIpc) is 3.29. The van der Waals surface area contributed by atoms with Gasteiger partial charge in [0.05, 0.1) is 18.8 Å². The smallest absolute Gasteiger partial charge is 0.346 e. The van der Waals surface area contributed by atoms with Crippen molar-refractivity contribution in [1.29, 1.82) is 0 Å². The maximum Gasteiger partial charge on any atom is 0.346 e.